The fourth-order valence-electron chi connectivity index (χ4n) is 2.75. The molecule has 5 nitrogen and oxygen atoms in total. The molecule has 1 N–H and O–H groups in total. The number of amides is 2. The van der Waals surface area contributed by atoms with Gasteiger partial charge in [0.25, 0.3) is 0 Å². The average Bonchev–Trinajstić information content (AvgIpc) is 3.21. The van der Waals surface area contributed by atoms with Gasteiger partial charge in [-0.2, -0.15) is 0 Å². The van der Waals surface area contributed by atoms with Crippen molar-refractivity contribution in [2.45, 2.75) is 6.42 Å². The first-order chi connectivity index (χ1) is 12.6. The molecule has 0 saturated heterocycles. The normalized spacial score (nSPS) is 12.8. The molecule has 1 aliphatic heterocycles. The minimum atomic E-state index is -0.398. The molecule has 0 radical (unpaired) electrons. The number of nitrogens with one attached hydrogen (secondary N) is 1. The fraction of sp³-hybridized carbons (Fsp3) is 0.111. The first kappa shape index (κ1) is 16.5. The van der Waals surface area contributed by atoms with Crippen molar-refractivity contribution < 1.29 is 18.3 Å². The zero-order valence-corrected chi connectivity index (χ0v) is 14.2. The number of aromatic nitrogens is 1. The van der Waals surface area contributed by atoms with Gasteiger partial charge in [0.2, 0.25) is 5.06 Å². The Bertz CT molecular complexity index is 977. The van der Waals surface area contributed by atoms with Crippen molar-refractivity contribution in [2.24, 2.45) is 0 Å². The first-order valence-corrected chi connectivity index (χ1v) is 8.66. The topological polar surface area (TPSA) is 54.5 Å². The monoisotopic (exact) mass is 373 g/mol. The van der Waals surface area contributed by atoms with E-state index in [0.717, 1.165) is 16.9 Å². The lowest BCUT2D eigenvalue weighted by molar-refractivity contribution is 0.257. The minimum absolute atomic E-state index is 0.315. The molecule has 1 aromatic heterocycles. The summed E-state index contributed by atoms with van der Waals surface area (Å²) in [7, 11) is 0. The lowest BCUT2D eigenvalue weighted by atomic mass is 10.2. The summed E-state index contributed by atoms with van der Waals surface area (Å²) in [5.41, 5.74) is 1.49. The van der Waals surface area contributed by atoms with E-state index < -0.39 is 5.82 Å². The highest BCUT2D eigenvalue weighted by Gasteiger charge is 2.25. The number of carbonyl (C=O) groups is 1. The zero-order valence-electron chi connectivity index (χ0n) is 13.4. The van der Waals surface area contributed by atoms with Crippen molar-refractivity contribution in [1.82, 2.24) is 4.98 Å². The summed E-state index contributed by atoms with van der Waals surface area (Å²) < 4.78 is 32.0. The number of rotatable bonds is 3. The van der Waals surface area contributed by atoms with Gasteiger partial charge in [-0.15, -0.1) is 0 Å². The number of ether oxygens (including phenoxy) is 1. The van der Waals surface area contributed by atoms with Gasteiger partial charge in [0.05, 0.1) is 6.20 Å². The van der Waals surface area contributed by atoms with Crippen molar-refractivity contribution in [3.63, 3.8) is 0 Å². The molecule has 2 heterocycles. The highest BCUT2D eigenvalue weighted by Crippen LogP contribution is 2.32. The number of nitrogens with zero attached hydrogens (tertiary/aromatic N) is 2. The summed E-state index contributed by atoms with van der Waals surface area (Å²) in [6.45, 7) is 0.475. The number of benzene rings is 2. The largest absolute Gasteiger partial charge is 0.445 e. The maximum absolute atomic E-state index is 13.3. The number of carbonyl (C=O) groups excluding carboxylic acids is 1. The molecule has 0 spiro atoms. The van der Waals surface area contributed by atoms with E-state index in [1.165, 1.54) is 30.5 Å². The van der Waals surface area contributed by atoms with Gasteiger partial charge in [0.15, 0.2) is 5.13 Å². The van der Waals surface area contributed by atoms with Gasteiger partial charge in [0.1, 0.15) is 17.4 Å². The Labute approximate surface area is 151 Å². The van der Waals surface area contributed by atoms with Gasteiger partial charge < -0.3 is 4.74 Å². The van der Waals surface area contributed by atoms with Crippen LogP contribution in [-0.4, -0.2) is 17.6 Å². The smallest absolute Gasteiger partial charge is 0.328 e. The maximum Gasteiger partial charge on any atom is 0.328 e. The van der Waals surface area contributed by atoms with Crippen LogP contribution in [0.3, 0.4) is 0 Å². The van der Waals surface area contributed by atoms with Gasteiger partial charge >= 0.3 is 6.03 Å². The molecule has 0 atom stereocenters. The Morgan fingerprint density at radius 2 is 2.04 bits per heavy atom. The summed E-state index contributed by atoms with van der Waals surface area (Å²) in [6.07, 6.45) is 2.06. The molecule has 0 unspecified atom stereocenters. The zero-order chi connectivity index (χ0) is 18.1. The van der Waals surface area contributed by atoms with E-state index in [2.05, 4.69) is 10.3 Å². The first-order valence-electron chi connectivity index (χ1n) is 7.85. The lowest BCUT2D eigenvalue weighted by Gasteiger charge is -2.16. The van der Waals surface area contributed by atoms with Crippen molar-refractivity contribution in [3.8, 4) is 10.8 Å². The minimum Gasteiger partial charge on any atom is -0.445 e. The van der Waals surface area contributed by atoms with Crippen LogP contribution in [0.2, 0.25) is 0 Å². The number of fused-ring (bicyclic) bond motifs is 1. The molecule has 8 heteroatoms. The van der Waals surface area contributed by atoms with E-state index in [0.29, 0.717) is 34.6 Å². The molecule has 26 heavy (non-hydrogen) atoms. The average molecular weight is 373 g/mol. The van der Waals surface area contributed by atoms with Crippen LogP contribution < -0.4 is 15.0 Å². The summed E-state index contributed by atoms with van der Waals surface area (Å²) in [5.74, 6) is -0.364. The van der Waals surface area contributed by atoms with Crippen LogP contribution in [0.5, 0.6) is 10.8 Å². The molecule has 0 saturated carbocycles. The van der Waals surface area contributed by atoms with Crippen LogP contribution in [0, 0.1) is 11.6 Å². The van der Waals surface area contributed by atoms with Crippen LogP contribution in [0.4, 0.5) is 24.4 Å². The number of anilines is 2. The third kappa shape index (κ3) is 3.36. The molecule has 132 valence electrons. The SMILES string of the molecule is O=C(Nc1ncc(Oc2cccc(F)c2)s1)N1CCc2cc(F)ccc21. The summed E-state index contributed by atoms with van der Waals surface area (Å²) in [6, 6.07) is 9.78. The van der Waals surface area contributed by atoms with Crippen LogP contribution in [0.1, 0.15) is 5.56 Å². The highest BCUT2D eigenvalue weighted by atomic mass is 32.1. The van der Waals surface area contributed by atoms with E-state index in [9.17, 15) is 13.6 Å². The maximum atomic E-state index is 13.3. The highest BCUT2D eigenvalue weighted by molar-refractivity contribution is 7.17. The Morgan fingerprint density at radius 3 is 2.88 bits per heavy atom. The van der Waals surface area contributed by atoms with Gasteiger partial charge in [-0.1, -0.05) is 17.4 Å². The lowest BCUT2D eigenvalue weighted by Crippen LogP contribution is -2.33. The second-order valence-corrected chi connectivity index (χ2v) is 6.64. The molecule has 4 rings (SSSR count). The van der Waals surface area contributed by atoms with Crippen molar-refractivity contribution in [2.75, 3.05) is 16.8 Å². The van der Waals surface area contributed by atoms with Gasteiger partial charge in [0, 0.05) is 18.3 Å². The molecule has 0 bridgehead atoms. The Hall–Kier alpha value is -3.00. The number of urea groups is 1. The Balaban J connectivity index is 1.44. The Kier molecular flexibility index (Phi) is 4.26. The summed E-state index contributed by atoms with van der Waals surface area (Å²) in [5, 5.41) is 3.49. The van der Waals surface area contributed by atoms with Crippen molar-refractivity contribution >= 4 is 28.2 Å². The van der Waals surface area contributed by atoms with E-state index in [4.69, 9.17) is 4.74 Å². The summed E-state index contributed by atoms with van der Waals surface area (Å²) in [4.78, 5) is 18.1. The van der Waals surface area contributed by atoms with E-state index in [-0.39, 0.29) is 11.8 Å². The number of thiazole rings is 1. The molecule has 2 aromatic carbocycles. The predicted octanol–water partition coefficient (Wildman–Crippen LogP) is 4.81. The molecular weight excluding hydrogens is 360 g/mol. The van der Waals surface area contributed by atoms with E-state index in [1.54, 1.807) is 23.1 Å². The molecule has 2 amide bonds. The second-order valence-electron chi connectivity index (χ2n) is 5.65. The molecule has 0 aliphatic carbocycles. The molecule has 3 aromatic rings. The van der Waals surface area contributed by atoms with E-state index in [1.807, 2.05) is 0 Å². The molecule has 0 fully saturated rings. The second kappa shape index (κ2) is 6.72. The fourth-order valence-corrected chi connectivity index (χ4v) is 3.43. The van der Waals surface area contributed by atoms with Crippen molar-refractivity contribution in [1.29, 1.82) is 0 Å². The van der Waals surface area contributed by atoms with Crippen LogP contribution in [-0.2, 0) is 6.42 Å². The third-order valence-corrected chi connectivity index (χ3v) is 4.69. The quantitative estimate of drug-likeness (QED) is 0.717. The van der Waals surface area contributed by atoms with Crippen LogP contribution in [0.15, 0.2) is 48.7 Å². The number of halogens is 2. The summed E-state index contributed by atoms with van der Waals surface area (Å²) >= 11 is 1.13. The van der Waals surface area contributed by atoms with E-state index >= 15 is 0 Å². The van der Waals surface area contributed by atoms with Gasteiger partial charge in [-0.3, -0.25) is 10.2 Å². The van der Waals surface area contributed by atoms with Crippen molar-refractivity contribution in [3.05, 3.63) is 65.9 Å². The predicted molar refractivity (Wildman–Crippen MR) is 95.1 cm³/mol. The third-order valence-electron chi connectivity index (χ3n) is 3.90. The van der Waals surface area contributed by atoms with Gasteiger partial charge in [-0.05, 0) is 42.3 Å². The molecule has 1 aliphatic rings. The van der Waals surface area contributed by atoms with Gasteiger partial charge in [-0.25, -0.2) is 18.6 Å². The standard InChI is InChI=1S/C18H13F2N3O2S/c19-12-2-1-3-14(9-12)25-16-10-21-17(26-16)22-18(24)23-7-6-11-8-13(20)4-5-15(11)23/h1-5,8-10H,6-7H2,(H,21,22,24). The number of hydrogen-bond acceptors (Lipinski definition) is 4. The Morgan fingerprint density at radius 1 is 1.19 bits per heavy atom. The van der Waals surface area contributed by atoms with Crippen LogP contribution in [0.25, 0.3) is 0 Å². The molecular formula is C18H13F2N3O2S. The number of hydrogen-bond donors (Lipinski definition) is 1. The van der Waals surface area contributed by atoms with Crippen LogP contribution >= 0.6 is 11.3 Å².